The summed E-state index contributed by atoms with van der Waals surface area (Å²) in [6.07, 6.45) is 56.6. The van der Waals surface area contributed by atoms with Crippen LogP contribution in [0, 0.1) is 17.8 Å². The second kappa shape index (κ2) is 69.4. The van der Waals surface area contributed by atoms with E-state index in [0.29, 0.717) is 25.7 Å². The summed E-state index contributed by atoms with van der Waals surface area (Å²) in [4.78, 5) is 73.0. The third-order valence-electron chi connectivity index (χ3n) is 19.1. The Balaban J connectivity index is 5.27. The second-order valence-corrected chi connectivity index (χ2v) is 32.3. The number of phosphoric acid groups is 2. The normalized spacial score (nSPS) is 14.6. The zero-order valence-corrected chi connectivity index (χ0v) is 66.0. The fourth-order valence-corrected chi connectivity index (χ4v) is 13.6. The number of hydrogen-bond acceptors (Lipinski definition) is 15. The van der Waals surface area contributed by atoms with Crippen molar-refractivity contribution in [2.45, 2.75) is 426 Å². The van der Waals surface area contributed by atoms with E-state index in [0.717, 1.165) is 108 Å². The van der Waals surface area contributed by atoms with E-state index < -0.39 is 97.5 Å². The quantitative estimate of drug-likeness (QED) is 0.0222. The van der Waals surface area contributed by atoms with Gasteiger partial charge >= 0.3 is 39.5 Å². The van der Waals surface area contributed by atoms with Gasteiger partial charge in [-0.25, -0.2) is 9.13 Å². The van der Waals surface area contributed by atoms with Crippen molar-refractivity contribution < 1.29 is 80.2 Å². The molecule has 0 radical (unpaired) electrons. The van der Waals surface area contributed by atoms with Crippen molar-refractivity contribution in [2.24, 2.45) is 17.8 Å². The van der Waals surface area contributed by atoms with Crippen LogP contribution < -0.4 is 0 Å². The molecule has 0 aliphatic rings. The Morgan fingerprint density at radius 3 is 0.776 bits per heavy atom. The van der Waals surface area contributed by atoms with Gasteiger partial charge in [-0.2, -0.15) is 0 Å². The highest BCUT2D eigenvalue weighted by molar-refractivity contribution is 7.47. The first-order chi connectivity index (χ1) is 47.3. The molecule has 17 nitrogen and oxygen atoms in total. The second-order valence-electron chi connectivity index (χ2n) is 29.4. The maximum absolute atomic E-state index is 13.1. The van der Waals surface area contributed by atoms with Crippen LogP contribution >= 0.6 is 15.6 Å². The van der Waals surface area contributed by atoms with Gasteiger partial charge in [-0.1, -0.05) is 357 Å². The number of carbonyl (C=O) groups excluding carboxylic acids is 4. The number of aliphatic hydroxyl groups is 1. The number of aliphatic hydroxyl groups excluding tert-OH is 1. The standard InChI is InChI=1S/C79H154O17P2/c1-8-11-12-13-14-15-16-24-32-39-46-53-60-76(81)89-67-75(96-79(84)63-56-49-42-35-28-27-31-38-45-52-59-72(7)10-3)69-94-98(87,88)92-65-73(80)64-91-97(85,86)93-68-74(66-90-77(82)61-54-47-40-33-26-21-22-29-36-43-50-57-70(4)5)95-78(83)62-55-48-41-34-25-20-18-17-19-23-30-37-44-51-58-71(6)9-2/h70-75,80H,8-69H2,1-7H3,(H,85,86)(H,87,88)/t71?,72?,73-,74-,75-/m1/s1. The molecular formula is C79H154O17P2. The number of carbonyl (C=O) groups is 4. The minimum atomic E-state index is -4.96. The molecule has 4 unspecified atom stereocenters. The highest BCUT2D eigenvalue weighted by atomic mass is 31.2. The van der Waals surface area contributed by atoms with Gasteiger partial charge in [0.1, 0.15) is 19.3 Å². The van der Waals surface area contributed by atoms with Crippen LogP contribution in [0.15, 0.2) is 0 Å². The summed E-state index contributed by atoms with van der Waals surface area (Å²) in [5.41, 5.74) is 0. The van der Waals surface area contributed by atoms with Crippen LogP contribution in [0.3, 0.4) is 0 Å². The number of ether oxygens (including phenoxy) is 4. The average Bonchev–Trinajstić information content (AvgIpc) is 1.07. The van der Waals surface area contributed by atoms with Gasteiger partial charge in [0.05, 0.1) is 26.4 Å². The molecule has 0 spiro atoms. The lowest BCUT2D eigenvalue weighted by Gasteiger charge is -2.21. The Labute approximate surface area is 600 Å². The van der Waals surface area contributed by atoms with Crippen molar-refractivity contribution in [3.05, 3.63) is 0 Å². The molecule has 3 N–H and O–H groups in total. The number of rotatable bonds is 77. The fraction of sp³-hybridized carbons (Fsp3) is 0.949. The third kappa shape index (κ3) is 69.8. The van der Waals surface area contributed by atoms with E-state index in [4.69, 9.17) is 37.0 Å². The number of unbranched alkanes of at least 4 members (excludes halogenated alkanes) is 43. The van der Waals surface area contributed by atoms with Crippen LogP contribution in [-0.2, 0) is 65.4 Å². The van der Waals surface area contributed by atoms with E-state index in [9.17, 15) is 43.2 Å². The van der Waals surface area contributed by atoms with Gasteiger partial charge in [0, 0.05) is 25.7 Å². The lowest BCUT2D eigenvalue weighted by Crippen LogP contribution is -2.30. The SMILES string of the molecule is CCCCCCCCCCCCCCC(=O)OC[C@H](COP(=O)(O)OC[C@H](O)COP(=O)(O)OC[C@@H](COC(=O)CCCCCCCCCCCCCC(C)C)OC(=O)CCCCCCCCCCCCCCCCC(C)CC)OC(=O)CCCCCCCCCCCCC(C)CC. The summed E-state index contributed by atoms with van der Waals surface area (Å²) in [6.45, 7) is 12.0. The van der Waals surface area contributed by atoms with Crippen molar-refractivity contribution in [3.63, 3.8) is 0 Å². The molecule has 98 heavy (non-hydrogen) atoms. The van der Waals surface area contributed by atoms with Crippen molar-refractivity contribution in [3.8, 4) is 0 Å². The Hall–Kier alpha value is -1.94. The van der Waals surface area contributed by atoms with Crippen LogP contribution in [0.1, 0.15) is 408 Å². The van der Waals surface area contributed by atoms with Crippen molar-refractivity contribution in [1.82, 2.24) is 0 Å². The molecule has 0 aliphatic carbocycles. The van der Waals surface area contributed by atoms with Gasteiger partial charge < -0.3 is 33.8 Å². The van der Waals surface area contributed by atoms with E-state index in [1.165, 1.54) is 218 Å². The topological polar surface area (TPSA) is 237 Å². The van der Waals surface area contributed by atoms with E-state index in [1.807, 2.05) is 0 Å². The Bertz CT molecular complexity index is 1910. The molecule has 0 saturated carbocycles. The molecule has 0 fully saturated rings. The Morgan fingerprint density at radius 1 is 0.296 bits per heavy atom. The van der Waals surface area contributed by atoms with Gasteiger partial charge in [-0.05, 0) is 43.4 Å². The number of hydrogen-bond donors (Lipinski definition) is 3. The predicted molar refractivity (Wildman–Crippen MR) is 400 cm³/mol. The van der Waals surface area contributed by atoms with Gasteiger partial charge in [-0.15, -0.1) is 0 Å². The van der Waals surface area contributed by atoms with Crippen molar-refractivity contribution in [1.29, 1.82) is 0 Å². The van der Waals surface area contributed by atoms with Crippen LogP contribution in [0.4, 0.5) is 0 Å². The zero-order valence-electron chi connectivity index (χ0n) is 64.3. The number of phosphoric ester groups is 2. The van der Waals surface area contributed by atoms with E-state index in [-0.39, 0.29) is 25.7 Å². The summed E-state index contributed by atoms with van der Waals surface area (Å²) in [6, 6.07) is 0. The first-order valence-electron chi connectivity index (χ1n) is 40.9. The first kappa shape index (κ1) is 96.1. The van der Waals surface area contributed by atoms with E-state index >= 15 is 0 Å². The van der Waals surface area contributed by atoms with E-state index in [2.05, 4.69) is 48.5 Å². The zero-order chi connectivity index (χ0) is 72.3. The number of esters is 4. The van der Waals surface area contributed by atoms with E-state index in [1.54, 1.807) is 0 Å². The highest BCUT2D eigenvalue weighted by Gasteiger charge is 2.30. The van der Waals surface area contributed by atoms with Crippen molar-refractivity contribution in [2.75, 3.05) is 39.6 Å². The molecule has 582 valence electrons. The highest BCUT2D eigenvalue weighted by Crippen LogP contribution is 2.45. The van der Waals surface area contributed by atoms with Gasteiger partial charge in [0.15, 0.2) is 12.2 Å². The van der Waals surface area contributed by atoms with Crippen LogP contribution in [-0.4, -0.2) is 96.7 Å². The molecule has 0 amide bonds. The monoisotopic (exact) mass is 1440 g/mol. The minimum absolute atomic E-state index is 0.106. The fourth-order valence-electron chi connectivity index (χ4n) is 12.1. The predicted octanol–water partition coefficient (Wildman–Crippen LogP) is 23.4. The molecule has 0 bridgehead atoms. The molecule has 0 aliphatic heterocycles. The Morgan fingerprint density at radius 2 is 0.520 bits per heavy atom. The summed E-state index contributed by atoms with van der Waals surface area (Å²) in [5, 5.41) is 10.6. The first-order valence-corrected chi connectivity index (χ1v) is 43.9. The summed E-state index contributed by atoms with van der Waals surface area (Å²) in [7, 11) is -9.92. The largest absolute Gasteiger partial charge is 0.472 e. The average molecular weight is 1440 g/mol. The lowest BCUT2D eigenvalue weighted by atomic mass is 9.99. The lowest BCUT2D eigenvalue weighted by molar-refractivity contribution is -0.161. The molecular weight excluding hydrogens is 1280 g/mol. The molecule has 0 aromatic rings. The van der Waals surface area contributed by atoms with Gasteiger partial charge in [0.2, 0.25) is 0 Å². The molecule has 0 aromatic heterocycles. The third-order valence-corrected chi connectivity index (χ3v) is 21.0. The molecule has 0 aromatic carbocycles. The summed E-state index contributed by atoms with van der Waals surface area (Å²) >= 11 is 0. The summed E-state index contributed by atoms with van der Waals surface area (Å²) < 4.78 is 68.7. The maximum Gasteiger partial charge on any atom is 0.472 e. The van der Waals surface area contributed by atoms with Crippen LogP contribution in [0.25, 0.3) is 0 Å². The van der Waals surface area contributed by atoms with Gasteiger partial charge in [0.25, 0.3) is 0 Å². The van der Waals surface area contributed by atoms with Crippen LogP contribution in [0.2, 0.25) is 0 Å². The molecule has 0 rings (SSSR count). The van der Waals surface area contributed by atoms with Gasteiger partial charge in [-0.3, -0.25) is 37.3 Å². The van der Waals surface area contributed by atoms with Crippen LogP contribution in [0.5, 0.6) is 0 Å². The Kier molecular flexibility index (Phi) is 68.1. The van der Waals surface area contributed by atoms with Crippen molar-refractivity contribution >= 4 is 39.5 Å². The maximum atomic E-state index is 13.1. The molecule has 0 saturated heterocycles. The minimum Gasteiger partial charge on any atom is -0.462 e. The molecule has 19 heteroatoms. The molecule has 0 heterocycles. The smallest absolute Gasteiger partial charge is 0.462 e. The molecule has 7 atom stereocenters. The summed E-state index contributed by atoms with van der Waals surface area (Å²) in [5.74, 6) is 0.308.